The van der Waals surface area contributed by atoms with Crippen LogP contribution in [0.1, 0.15) is 29.7 Å². The Balaban J connectivity index is 1.76. The van der Waals surface area contributed by atoms with Crippen molar-refractivity contribution in [1.82, 2.24) is 4.57 Å². The minimum atomic E-state index is -1.48. The van der Waals surface area contributed by atoms with E-state index in [-0.39, 0.29) is 12.4 Å². The van der Waals surface area contributed by atoms with Crippen LogP contribution in [0.25, 0.3) is 10.9 Å². The third-order valence-corrected chi connectivity index (χ3v) is 6.02. The number of benzene rings is 2. The van der Waals surface area contributed by atoms with Gasteiger partial charge in [-0.15, -0.1) is 0 Å². The highest BCUT2D eigenvalue weighted by molar-refractivity contribution is 5.87. The van der Waals surface area contributed by atoms with Crippen molar-refractivity contribution in [2.75, 3.05) is 13.2 Å². The fraction of sp³-hybridized carbons (Fsp3) is 0.417. The molecule has 3 aromatic rings. The molecule has 1 fully saturated rings. The van der Waals surface area contributed by atoms with Crippen molar-refractivity contribution in [3.05, 3.63) is 65.1 Å². The largest absolute Gasteiger partial charge is 0.494 e. The zero-order chi connectivity index (χ0) is 23.0. The number of rotatable bonds is 6. The Morgan fingerprint density at radius 1 is 1.09 bits per heavy atom. The molecule has 5 atom stereocenters. The fourth-order valence-corrected chi connectivity index (χ4v) is 4.37. The van der Waals surface area contributed by atoms with Gasteiger partial charge in [0.05, 0.1) is 19.8 Å². The quantitative estimate of drug-likeness (QED) is 0.463. The molecule has 0 bridgehead atoms. The number of fused-ring (bicyclic) bond motifs is 1. The number of ether oxygens (including phenoxy) is 2. The summed E-state index contributed by atoms with van der Waals surface area (Å²) in [5, 5.41) is 41.4. The molecule has 4 N–H and O–H groups in total. The van der Waals surface area contributed by atoms with E-state index in [1.54, 1.807) is 18.3 Å². The predicted molar refractivity (Wildman–Crippen MR) is 116 cm³/mol. The summed E-state index contributed by atoms with van der Waals surface area (Å²) < 4.78 is 27.7. The van der Waals surface area contributed by atoms with Crippen LogP contribution in [0.3, 0.4) is 0 Å². The van der Waals surface area contributed by atoms with Crippen molar-refractivity contribution in [2.24, 2.45) is 0 Å². The van der Waals surface area contributed by atoms with Gasteiger partial charge in [0.1, 0.15) is 42.1 Å². The molecular weight excluding hydrogens is 417 g/mol. The van der Waals surface area contributed by atoms with E-state index in [4.69, 9.17) is 9.47 Å². The molecular formula is C24H28FNO6. The number of hydrogen-bond acceptors (Lipinski definition) is 6. The predicted octanol–water partition coefficient (Wildman–Crippen LogP) is 2.05. The Hall–Kier alpha value is -2.49. The molecule has 7 nitrogen and oxygen atoms in total. The summed E-state index contributed by atoms with van der Waals surface area (Å²) in [6.07, 6.45) is -4.52. The lowest BCUT2D eigenvalue weighted by Crippen LogP contribution is -2.55. The van der Waals surface area contributed by atoms with E-state index in [1.165, 1.54) is 6.07 Å². The second kappa shape index (κ2) is 9.17. The molecule has 4 rings (SSSR count). The number of aryl methyl sites for hydroxylation is 1. The van der Waals surface area contributed by atoms with E-state index in [2.05, 4.69) is 0 Å². The number of aliphatic hydroxyl groups is 4. The summed E-state index contributed by atoms with van der Waals surface area (Å²) in [7, 11) is 0. The molecule has 2 heterocycles. The molecule has 1 aliphatic rings. The van der Waals surface area contributed by atoms with Crippen LogP contribution >= 0.6 is 0 Å². The average molecular weight is 445 g/mol. The number of aliphatic hydroxyl groups excluding tert-OH is 4. The lowest BCUT2D eigenvalue weighted by atomic mass is 9.90. The molecule has 1 saturated heterocycles. The van der Waals surface area contributed by atoms with Crippen molar-refractivity contribution in [3.63, 3.8) is 0 Å². The zero-order valence-corrected chi connectivity index (χ0v) is 18.0. The van der Waals surface area contributed by atoms with Gasteiger partial charge < -0.3 is 34.5 Å². The van der Waals surface area contributed by atoms with E-state index >= 15 is 0 Å². The molecule has 0 aliphatic carbocycles. The summed E-state index contributed by atoms with van der Waals surface area (Å²) >= 11 is 0. The van der Waals surface area contributed by atoms with E-state index in [0.717, 1.165) is 16.5 Å². The Morgan fingerprint density at radius 2 is 1.88 bits per heavy atom. The first kappa shape index (κ1) is 22.7. The molecule has 0 radical (unpaired) electrons. The molecule has 1 aliphatic heterocycles. The Morgan fingerprint density at radius 3 is 2.56 bits per heavy atom. The van der Waals surface area contributed by atoms with Crippen LogP contribution < -0.4 is 4.74 Å². The van der Waals surface area contributed by atoms with Gasteiger partial charge in [-0.2, -0.15) is 0 Å². The van der Waals surface area contributed by atoms with Crippen LogP contribution in [0, 0.1) is 12.7 Å². The fourth-order valence-electron chi connectivity index (χ4n) is 4.37. The third-order valence-electron chi connectivity index (χ3n) is 6.02. The highest BCUT2D eigenvalue weighted by atomic mass is 19.1. The third kappa shape index (κ3) is 4.00. The molecule has 172 valence electrons. The van der Waals surface area contributed by atoms with Crippen molar-refractivity contribution in [3.8, 4) is 5.75 Å². The van der Waals surface area contributed by atoms with Crippen LogP contribution in [-0.4, -0.2) is 62.6 Å². The summed E-state index contributed by atoms with van der Waals surface area (Å²) in [6, 6.07) is 10.4. The Labute approximate surface area is 185 Å². The molecule has 1 aromatic heterocycles. The monoisotopic (exact) mass is 445 g/mol. The molecule has 2 aromatic carbocycles. The number of aromatic nitrogens is 1. The van der Waals surface area contributed by atoms with Gasteiger partial charge in [-0.3, -0.25) is 0 Å². The highest BCUT2D eigenvalue weighted by Gasteiger charge is 2.44. The number of nitrogens with zero attached hydrogens (tertiary/aromatic N) is 1. The first-order chi connectivity index (χ1) is 15.3. The van der Waals surface area contributed by atoms with Gasteiger partial charge in [-0.25, -0.2) is 4.39 Å². The lowest BCUT2D eigenvalue weighted by Gasteiger charge is -2.40. The molecule has 8 heteroatoms. The molecule has 0 saturated carbocycles. The first-order valence-corrected chi connectivity index (χ1v) is 10.7. The minimum Gasteiger partial charge on any atom is -0.494 e. The second-order valence-electron chi connectivity index (χ2n) is 8.12. The maximum Gasteiger partial charge on any atom is 0.131 e. The van der Waals surface area contributed by atoms with E-state index in [9.17, 15) is 24.8 Å². The summed E-state index contributed by atoms with van der Waals surface area (Å²) in [6.45, 7) is 3.92. The van der Waals surface area contributed by atoms with E-state index in [1.807, 2.05) is 36.6 Å². The summed E-state index contributed by atoms with van der Waals surface area (Å²) in [5.74, 6) is 0.0730. The highest BCUT2D eigenvalue weighted by Crippen LogP contribution is 2.38. The Bertz CT molecular complexity index is 1100. The standard InChI is InChI=1S/C24H28FNO6/c1-3-31-15-8-7-14(17(25)9-15)10-26-11-16(20-13(2)5-4-6-18(20)26)24-23(30)22(29)21(28)19(12-27)32-24/h4-9,11,19,21-24,27-30H,3,10,12H2,1-2H3/t19-,21-,22+,23-,24+/m1/s1. The van der Waals surface area contributed by atoms with Gasteiger partial charge in [0, 0.05) is 34.3 Å². The van der Waals surface area contributed by atoms with Crippen LogP contribution in [0.5, 0.6) is 5.75 Å². The molecule has 0 spiro atoms. The van der Waals surface area contributed by atoms with Gasteiger partial charge in [-0.05, 0) is 31.5 Å². The molecule has 0 amide bonds. The maximum absolute atomic E-state index is 14.7. The number of halogens is 1. The number of hydrogen-bond donors (Lipinski definition) is 4. The summed E-state index contributed by atoms with van der Waals surface area (Å²) in [4.78, 5) is 0. The summed E-state index contributed by atoms with van der Waals surface area (Å²) in [5.41, 5.74) is 2.79. The van der Waals surface area contributed by atoms with Gasteiger partial charge in [0.2, 0.25) is 0 Å². The SMILES string of the molecule is CCOc1ccc(Cn2cc([C@@H]3O[C@H](CO)[C@@H](O)[C@H](O)[C@H]3O)c3c(C)cccc32)c(F)c1. The van der Waals surface area contributed by atoms with Gasteiger partial charge in [0.25, 0.3) is 0 Å². The van der Waals surface area contributed by atoms with Gasteiger partial charge >= 0.3 is 0 Å². The van der Waals surface area contributed by atoms with Crippen molar-refractivity contribution < 1.29 is 34.3 Å². The lowest BCUT2D eigenvalue weighted by molar-refractivity contribution is -0.231. The Kier molecular flexibility index (Phi) is 6.50. The van der Waals surface area contributed by atoms with Crippen molar-refractivity contribution >= 4 is 10.9 Å². The zero-order valence-electron chi connectivity index (χ0n) is 18.0. The molecule has 32 heavy (non-hydrogen) atoms. The average Bonchev–Trinajstić information content (AvgIpc) is 3.14. The van der Waals surface area contributed by atoms with E-state index in [0.29, 0.717) is 23.5 Å². The van der Waals surface area contributed by atoms with Crippen LogP contribution in [0.15, 0.2) is 42.6 Å². The minimum absolute atomic E-state index is 0.232. The van der Waals surface area contributed by atoms with Gasteiger partial charge in [-0.1, -0.05) is 18.2 Å². The van der Waals surface area contributed by atoms with Gasteiger partial charge in [0.15, 0.2) is 0 Å². The maximum atomic E-state index is 14.7. The smallest absolute Gasteiger partial charge is 0.131 e. The second-order valence-corrected chi connectivity index (χ2v) is 8.12. The molecule has 0 unspecified atom stereocenters. The first-order valence-electron chi connectivity index (χ1n) is 10.7. The topological polar surface area (TPSA) is 104 Å². The van der Waals surface area contributed by atoms with Crippen molar-refractivity contribution in [1.29, 1.82) is 0 Å². The van der Waals surface area contributed by atoms with Crippen LogP contribution in [-0.2, 0) is 11.3 Å². The van der Waals surface area contributed by atoms with E-state index < -0.39 is 37.1 Å². The van der Waals surface area contributed by atoms with Crippen LogP contribution in [0.2, 0.25) is 0 Å². The normalized spacial score (nSPS) is 25.9. The van der Waals surface area contributed by atoms with Crippen molar-refractivity contribution in [2.45, 2.75) is 50.9 Å². The van der Waals surface area contributed by atoms with Crippen LogP contribution in [0.4, 0.5) is 4.39 Å².